The molecule has 0 heterocycles. The van der Waals surface area contributed by atoms with Crippen LogP contribution in [-0.2, 0) is 12.8 Å². The van der Waals surface area contributed by atoms with Crippen molar-refractivity contribution < 1.29 is 4.74 Å². The highest BCUT2D eigenvalue weighted by Gasteiger charge is 2.12. The van der Waals surface area contributed by atoms with Crippen molar-refractivity contribution >= 4 is 23.2 Å². The Morgan fingerprint density at radius 1 is 1.10 bits per heavy atom. The highest BCUT2D eigenvalue weighted by atomic mass is 35.5. The lowest BCUT2D eigenvalue weighted by atomic mass is 9.92. The van der Waals surface area contributed by atoms with E-state index in [1.54, 1.807) is 13.2 Å². The summed E-state index contributed by atoms with van der Waals surface area (Å²) in [6.07, 6.45) is 1.73. The van der Waals surface area contributed by atoms with E-state index in [0.29, 0.717) is 22.5 Å². The summed E-state index contributed by atoms with van der Waals surface area (Å²) in [7, 11) is 1.67. The molecule has 0 aliphatic carbocycles. The van der Waals surface area contributed by atoms with E-state index in [-0.39, 0.29) is 0 Å². The monoisotopic (exact) mass is 323 g/mol. The Morgan fingerprint density at radius 3 is 2.57 bits per heavy atom. The van der Waals surface area contributed by atoms with Crippen LogP contribution in [0.4, 0.5) is 0 Å². The Labute approximate surface area is 135 Å². The minimum atomic E-state index is 0.329. The maximum Gasteiger partial charge on any atom is 0.119 e. The molecule has 21 heavy (non-hydrogen) atoms. The molecule has 0 fully saturated rings. The second-order valence-corrected chi connectivity index (χ2v) is 5.94. The molecule has 1 unspecified atom stereocenters. The van der Waals surface area contributed by atoms with Gasteiger partial charge < -0.3 is 10.5 Å². The van der Waals surface area contributed by atoms with Crippen molar-refractivity contribution in [1.82, 2.24) is 0 Å². The van der Waals surface area contributed by atoms with Crippen LogP contribution in [0.25, 0.3) is 0 Å². The maximum atomic E-state index is 6.24. The van der Waals surface area contributed by atoms with Gasteiger partial charge in [0.2, 0.25) is 0 Å². The van der Waals surface area contributed by atoms with Gasteiger partial charge >= 0.3 is 0 Å². The zero-order valence-electron chi connectivity index (χ0n) is 12.0. The van der Waals surface area contributed by atoms with Gasteiger partial charge in [-0.05, 0) is 60.7 Å². The molecule has 2 nitrogen and oxygen atoms in total. The van der Waals surface area contributed by atoms with Crippen LogP contribution in [0.2, 0.25) is 10.0 Å². The van der Waals surface area contributed by atoms with Crippen LogP contribution < -0.4 is 10.5 Å². The molecular weight excluding hydrogens is 305 g/mol. The number of halogens is 2. The molecule has 4 heteroatoms. The summed E-state index contributed by atoms with van der Waals surface area (Å²) in [4.78, 5) is 0. The zero-order valence-corrected chi connectivity index (χ0v) is 13.5. The first-order chi connectivity index (χ1) is 10.1. The Kier molecular flexibility index (Phi) is 5.92. The molecule has 0 aliphatic heterocycles. The Bertz CT molecular complexity index is 601. The number of ether oxygens (including phenoxy) is 1. The molecule has 0 spiro atoms. The van der Waals surface area contributed by atoms with Crippen LogP contribution >= 0.6 is 23.2 Å². The van der Waals surface area contributed by atoms with Crippen molar-refractivity contribution in [2.75, 3.05) is 13.7 Å². The van der Waals surface area contributed by atoms with Crippen molar-refractivity contribution in [3.63, 3.8) is 0 Å². The first-order valence-corrected chi connectivity index (χ1v) is 7.65. The van der Waals surface area contributed by atoms with Crippen molar-refractivity contribution in [2.45, 2.75) is 12.8 Å². The van der Waals surface area contributed by atoms with Crippen LogP contribution in [0.15, 0.2) is 42.5 Å². The predicted octanol–water partition coefficient (Wildman–Crippen LogP) is 4.36. The lowest BCUT2D eigenvalue weighted by molar-refractivity contribution is 0.413. The quantitative estimate of drug-likeness (QED) is 0.857. The van der Waals surface area contributed by atoms with Gasteiger partial charge in [0.25, 0.3) is 0 Å². The van der Waals surface area contributed by atoms with Gasteiger partial charge in [-0.15, -0.1) is 0 Å². The summed E-state index contributed by atoms with van der Waals surface area (Å²) < 4.78 is 5.25. The van der Waals surface area contributed by atoms with E-state index in [2.05, 4.69) is 6.07 Å². The number of hydrogen-bond acceptors (Lipinski definition) is 2. The smallest absolute Gasteiger partial charge is 0.119 e. The molecule has 0 aliphatic rings. The lowest BCUT2D eigenvalue weighted by Crippen LogP contribution is -2.19. The molecule has 0 bridgehead atoms. The molecule has 2 N–H and O–H groups in total. The van der Waals surface area contributed by atoms with Crippen LogP contribution in [0, 0.1) is 5.92 Å². The fourth-order valence-electron chi connectivity index (χ4n) is 2.37. The SMILES string of the molecule is COc1cccc(CC(CN)Cc2ccc(Cl)cc2Cl)c1. The van der Waals surface area contributed by atoms with E-state index >= 15 is 0 Å². The highest BCUT2D eigenvalue weighted by Crippen LogP contribution is 2.25. The summed E-state index contributed by atoms with van der Waals surface area (Å²) in [5, 5.41) is 1.35. The summed E-state index contributed by atoms with van der Waals surface area (Å²) in [6.45, 7) is 0.607. The molecule has 0 saturated carbocycles. The van der Waals surface area contributed by atoms with Crippen molar-refractivity contribution in [2.24, 2.45) is 11.7 Å². The van der Waals surface area contributed by atoms with Crippen molar-refractivity contribution in [1.29, 1.82) is 0 Å². The van der Waals surface area contributed by atoms with Crippen LogP contribution in [0.5, 0.6) is 5.75 Å². The second-order valence-electron chi connectivity index (χ2n) is 5.10. The number of methoxy groups -OCH3 is 1. The largest absolute Gasteiger partial charge is 0.497 e. The Balaban J connectivity index is 2.09. The summed E-state index contributed by atoms with van der Waals surface area (Å²) >= 11 is 12.2. The number of hydrogen-bond donors (Lipinski definition) is 1. The third-order valence-electron chi connectivity index (χ3n) is 3.52. The molecule has 2 aromatic rings. The molecule has 112 valence electrons. The summed E-state index contributed by atoms with van der Waals surface area (Å²) in [6, 6.07) is 13.7. The molecule has 2 aromatic carbocycles. The number of nitrogens with two attached hydrogens (primary N) is 1. The van der Waals surface area contributed by atoms with Gasteiger partial charge in [0.15, 0.2) is 0 Å². The number of benzene rings is 2. The standard InChI is InChI=1S/C17H19Cl2NO/c1-21-16-4-2-3-12(9-16)7-13(11-20)8-14-5-6-15(18)10-17(14)19/h2-6,9-10,13H,7-8,11,20H2,1H3. The average Bonchev–Trinajstić information content (AvgIpc) is 2.49. The minimum absolute atomic E-state index is 0.329. The van der Waals surface area contributed by atoms with Gasteiger partial charge in [-0.1, -0.05) is 41.4 Å². The molecule has 2 rings (SSSR count). The lowest BCUT2D eigenvalue weighted by Gasteiger charge is -2.16. The van der Waals surface area contributed by atoms with Gasteiger partial charge in [0, 0.05) is 10.0 Å². The van der Waals surface area contributed by atoms with Crippen LogP contribution in [-0.4, -0.2) is 13.7 Å². The molecule has 0 radical (unpaired) electrons. The van der Waals surface area contributed by atoms with Gasteiger partial charge in [-0.3, -0.25) is 0 Å². The molecule has 0 saturated heterocycles. The fraction of sp³-hybridized carbons (Fsp3) is 0.294. The number of rotatable bonds is 6. The van der Waals surface area contributed by atoms with Crippen LogP contribution in [0.1, 0.15) is 11.1 Å². The third kappa shape index (κ3) is 4.63. The van der Waals surface area contributed by atoms with E-state index in [4.69, 9.17) is 33.7 Å². The van der Waals surface area contributed by atoms with Gasteiger partial charge in [-0.25, -0.2) is 0 Å². The van der Waals surface area contributed by atoms with Gasteiger partial charge in [0.1, 0.15) is 5.75 Å². The Hall–Kier alpha value is -1.22. The van der Waals surface area contributed by atoms with Gasteiger partial charge in [-0.2, -0.15) is 0 Å². The molecule has 0 amide bonds. The molecular formula is C17H19Cl2NO. The topological polar surface area (TPSA) is 35.2 Å². The van der Waals surface area contributed by atoms with Gasteiger partial charge in [0.05, 0.1) is 7.11 Å². The van der Waals surface area contributed by atoms with Crippen molar-refractivity contribution in [3.05, 3.63) is 63.6 Å². The summed E-state index contributed by atoms with van der Waals surface area (Å²) in [5.74, 6) is 1.20. The van der Waals surface area contributed by atoms with E-state index < -0.39 is 0 Å². The third-order valence-corrected chi connectivity index (χ3v) is 4.10. The van der Waals surface area contributed by atoms with E-state index in [1.165, 1.54) is 5.56 Å². The molecule has 1 atom stereocenters. The van der Waals surface area contributed by atoms with Crippen LogP contribution in [0.3, 0.4) is 0 Å². The first-order valence-electron chi connectivity index (χ1n) is 6.89. The maximum absolute atomic E-state index is 6.24. The molecule has 0 aromatic heterocycles. The first kappa shape index (κ1) is 16.2. The van der Waals surface area contributed by atoms with E-state index in [1.807, 2.05) is 30.3 Å². The fourth-order valence-corrected chi connectivity index (χ4v) is 2.86. The van der Waals surface area contributed by atoms with E-state index in [9.17, 15) is 0 Å². The minimum Gasteiger partial charge on any atom is -0.497 e. The second kappa shape index (κ2) is 7.69. The predicted molar refractivity (Wildman–Crippen MR) is 89.4 cm³/mol. The summed E-state index contributed by atoms with van der Waals surface area (Å²) in [5.41, 5.74) is 8.22. The zero-order chi connectivity index (χ0) is 15.2. The van der Waals surface area contributed by atoms with Crippen molar-refractivity contribution in [3.8, 4) is 5.75 Å². The van der Waals surface area contributed by atoms with E-state index in [0.717, 1.165) is 24.2 Å². The average molecular weight is 324 g/mol. The highest BCUT2D eigenvalue weighted by molar-refractivity contribution is 6.35. The normalized spacial score (nSPS) is 12.2. The Morgan fingerprint density at radius 2 is 1.90 bits per heavy atom.